The van der Waals surface area contributed by atoms with Crippen molar-refractivity contribution in [3.05, 3.63) is 35.4 Å². The molecular formula is C45H86BFLiN2O7. The molecule has 2 rings (SSSR count). The number of carboxylic acid groups (broad SMARTS) is 1. The fourth-order valence-corrected chi connectivity index (χ4v) is 5.14. The quantitative estimate of drug-likeness (QED) is 0.0646. The van der Waals surface area contributed by atoms with Gasteiger partial charge in [-0.1, -0.05) is 146 Å². The summed E-state index contributed by atoms with van der Waals surface area (Å²) in [5.74, 6) is 0.474. The monoisotopic (exact) mass is 805 g/mol. The number of aliphatic hydroxyl groups excluding tert-OH is 1. The van der Waals surface area contributed by atoms with Crippen molar-refractivity contribution in [2.24, 2.45) is 35.3 Å². The number of carboxylic acids is 1. The number of aliphatic hydroxyl groups is 1. The van der Waals surface area contributed by atoms with Gasteiger partial charge in [0.2, 0.25) is 0 Å². The van der Waals surface area contributed by atoms with E-state index in [2.05, 4.69) is 60.1 Å². The summed E-state index contributed by atoms with van der Waals surface area (Å²) in [5, 5.41) is 17.0. The first-order valence-electron chi connectivity index (χ1n) is 21.7. The minimum absolute atomic E-state index is 0. The molecule has 57 heavy (non-hydrogen) atoms. The predicted molar refractivity (Wildman–Crippen MR) is 235 cm³/mol. The standard InChI is InChI=1S/C15H19NO2.C8H16O2.C7H17N.C7H14O2.C7H16O.CH3F.B.Li.H/c1-3-4-7-11(2)10-16-14(17)12-8-5-6-9-13(12)15(16)18;1-4-5-6-7(2)8(9)10-3;1-3-4-5-7(2)6-8;1-3-4-5-6(2)7(8)9;1-3-4-5-7(2)6-8;1-2;;;/h5-6,8-9,11H,3-4,7,10H2,1-2H3;7H,4-6H2,1-3H3;7H,3-6,8H2,1-2H3;6H,3-5H2,1-2H3,(H,8,9);7-8H,3-6H2,1-2H3;1H3;;;/q;;;;;;;+1;-1/t11-;2*7-;6-;7-;;;;/m00000..../s1/i;;;;;1D;;;. The summed E-state index contributed by atoms with van der Waals surface area (Å²) in [6.45, 7) is 22.5. The molecule has 0 fully saturated rings. The Morgan fingerprint density at radius 1 is 0.754 bits per heavy atom. The minimum atomic E-state index is -1.00. The van der Waals surface area contributed by atoms with E-state index in [1.807, 2.05) is 6.92 Å². The van der Waals surface area contributed by atoms with Crippen molar-refractivity contribution in [1.82, 2.24) is 4.90 Å². The molecule has 1 aromatic rings. The van der Waals surface area contributed by atoms with Crippen LogP contribution >= 0.6 is 0 Å². The second-order valence-electron chi connectivity index (χ2n) is 14.9. The Hall–Kier alpha value is -2.19. The summed E-state index contributed by atoms with van der Waals surface area (Å²) in [7, 11) is 0.435. The summed E-state index contributed by atoms with van der Waals surface area (Å²) in [4.78, 5) is 46.6. The van der Waals surface area contributed by atoms with Crippen LogP contribution in [0.3, 0.4) is 0 Å². The molecule has 1 heterocycles. The van der Waals surface area contributed by atoms with E-state index in [0.29, 0.717) is 36.1 Å². The number of nitrogens with two attached hydrogens (primary N) is 1. The molecule has 1 aliphatic heterocycles. The molecule has 2 amide bonds. The van der Waals surface area contributed by atoms with Gasteiger partial charge < -0.3 is 22.1 Å². The average molecular weight is 805 g/mol. The summed E-state index contributed by atoms with van der Waals surface area (Å²) in [6.07, 6.45) is 17.0. The van der Waals surface area contributed by atoms with Crippen molar-refractivity contribution in [2.45, 2.75) is 166 Å². The fraction of sp³-hybridized carbons (Fsp3) is 0.778. The van der Waals surface area contributed by atoms with Crippen LogP contribution < -0.4 is 24.6 Å². The van der Waals surface area contributed by atoms with Gasteiger partial charge in [-0.15, -0.1) is 0 Å². The summed E-state index contributed by atoms with van der Waals surface area (Å²) < 4.78 is 20.1. The molecule has 0 spiro atoms. The van der Waals surface area contributed by atoms with Gasteiger partial charge >= 0.3 is 30.8 Å². The van der Waals surface area contributed by atoms with Crippen LogP contribution in [0, 0.1) is 29.6 Å². The SMILES string of the molecule is CCCC[C@H](C)C(=O)O.CCCC[C@H](C)C(=O)OC.CCCC[C@H](C)CN.CCCC[C@H](C)CN1C(=O)c2ccccc2C1=O.CCCC[C@H](C)CO.[2H]CF.[B].[H-].[Li+]. The number of aliphatic carboxylic acids is 1. The number of hydrogen-bond donors (Lipinski definition) is 3. The Kier molecular flexibility index (Phi) is 52.2. The third-order valence-electron chi connectivity index (χ3n) is 9.24. The number of halogens is 1. The molecule has 0 unspecified atom stereocenters. The second-order valence-corrected chi connectivity index (χ2v) is 14.9. The van der Waals surface area contributed by atoms with Crippen LogP contribution in [0.15, 0.2) is 24.3 Å². The first kappa shape index (κ1) is 64.0. The number of carbonyl (C=O) groups excluding carboxylic acids is 3. The zero-order valence-electron chi connectivity index (χ0n) is 40.5. The van der Waals surface area contributed by atoms with E-state index < -0.39 is 13.1 Å². The normalized spacial score (nSPS) is 13.6. The van der Waals surface area contributed by atoms with E-state index in [1.54, 1.807) is 31.2 Å². The Bertz CT molecular complexity index is 1070. The first-order valence-corrected chi connectivity index (χ1v) is 21.0. The first-order chi connectivity index (χ1) is 26.6. The molecule has 9 nitrogen and oxygen atoms in total. The van der Waals surface area contributed by atoms with Crippen molar-refractivity contribution in [3.8, 4) is 0 Å². The van der Waals surface area contributed by atoms with E-state index in [0.717, 1.165) is 70.3 Å². The van der Waals surface area contributed by atoms with Crippen LogP contribution in [0.1, 0.15) is 189 Å². The Labute approximate surface area is 366 Å². The molecule has 4 N–H and O–H groups in total. The van der Waals surface area contributed by atoms with Gasteiger partial charge in [0, 0.05) is 21.6 Å². The predicted octanol–water partition coefficient (Wildman–Crippen LogP) is 7.89. The number of fused-ring (bicyclic) bond motifs is 1. The van der Waals surface area contributed by atoms with E-state index in [9.17, 15) is 23.6 Å². The number of methoxy groups -OCH3 is 1. The second kappa shape index (κ2) is 46.5. The molecule has 329 valence electrons. The van der Waals surface area contributed by atoms with Crippen LogP contribution in [0.2, 0.25) is 0 Å². The van der Waals surface area contributed by atoms with Gasteiger partial charge in [-0.3, -0.25) is 28.5 Å². The number of rotatable bonds is 21. The zero-order valence-corrected chi connectivity index (χ0v) is 38.5. The summed E-state index contributed by atoms with van der Waals surface area (Å²) in [5.41, 5.74) is 6.51. The number of benzene rings is 1. The Morgan fingerprint density at radius 3 is 1.44 bits per heavy atom. The van der Waals surface area contributed by atoms with Crippen LogP contribution in [0.25, 0.3) is 0 Å². The van der Waals surface area contributed by atoms with Gasteiger partial charge in [-0.2, -0.15) is 0 Å². The van der Waals surface area contributed by atoms with Crippen molar-refractivity contribution in [3.63, 3.8) is 0 Å². The maximum Gasteiger partial charge on any atom is 1.00 e. The van der Waals surface area contributed by atoms with E-state index in [1.165, 1.54) is 50.5 Å². The van der Waals surface area contributed by atoms with Crippen LogP contribution in [0.4, 0.5) is 4.39 Å². The molecule has 0 saturated carbocycles. The molecule has 0 saturated heterocycles. The maximum atomic E-state index is 12.1. The Morgan fingerprint density at radius 2 is 1.11 bits per heavy atom. The number of alkyl halides is 1. The Balaban J connectivity index is -0.000000116. The van der Waals surface area contributed by atoms with Crippen molar-refractivity contribution in [1.29, 1.82) is 0 Å². The number of ether oxygens (including phenoxy) is 1. The smallest absolute Gasteiger partial charge is 1.00 e. The summed E-state index contributed by atoms with van der Waals surface area (Å²) >= 11 is 0. The number of esters is 1. The molecule has 12 heteroatoms. The third-order valence-corrected chi connectivity index (χ3v) is 9.24. The molecule has 5 atom stereocenters. The van der Waals surface area contributed by atoms with Gasteiger partial charge in [0.15, 0.2) is 0 Å². The van der Waals surface area contributed by atoms with Gasteiger partial charge in [0.25, 0.3) is 11.8 Å². The minimum Gasteiger partial charge on any atom is -1.00 e. The number of unbranched alkanes of at least 4 members (excludes halogenated alkanes) is 5. The van der Waals surface area contributed by atoms with E-state index >= 15 is 0 Å². The number of amides is 2. The third kappa shape index (κ3) is 36.6. The molecule has 0 aromatic heterocycles. The van der Waals surface area contributed by atoms with Crippen LogP contribution in [0.5, 0.6) is 0 Å². The molecule has 3 radical (unpaired) electrons. The van der Waals surface area contributed by atoms with Crippen LogP contribution in [-0.2, 0) is 14.3 Å². The largest absolute Gasteiger partial charge is 1.00 e. The fourth-order valence-electron chi connectivity index (χ4n) is 5.14. The zero-order chi connectivity index (χ0) is 43.9. The van der Waals surface area contributed by atoms with Gasteiger partial charge in [-0.25, -0.2) is 0 Å². The van der Waals surface area contributed by atoms with E-state index in [4.69, 9.17) is 17.3 Å². The maximum absolute atomic E-state index is 12.1. The number of carbonyl (C=O) groups is 4. The van der Waals surface area contributed by atoms with Crippen molar-refractivity contribution >= 4 is 32.2 Å². The molecule has 1 aliphatic rings. The van der Waals surface area contributed by atoms with Crippen molar-refractivity contribution in [2.75, 3.05) is 34.0 Å². The topological polar surface area (TPSA) is 147 Å². The van der Waals surface area contributed by atoms with Crippen molar-refractivity contribution < 1.29 is 60.2 Å². The van der Waals surface area contributed by atoms with Gasteiger partial charge in [0.05, 0.1) is 38.6 Å². The molecule has 0 aliphatic carbocycles. The molecule has 0 bridgehead atoms. The van der Waals surface area contributed by atoms with E-state index in [-0.39, 0.29) is 58.3 Å². The van der Waals surface area contributed by atoms with Gasteiger partial charge in [0.1, 0.15) is 0 Å². The molecular weight excluding hydrogens is 717 g/mol. The number of hydrogen-bond acceptors (Lipinski definition) is 7. The number of nitrogens with zero attached hydrogens (tertiary/aromatic N) is 1. The van der Waals surface area contributed by atoms with Gasteiger partial charge in [-0.05, 0) is 68.5 Å². The summed E-state index contributed by atoms with van der Waals surface area (Å²) in [6, 6.07) is 7.06. The van der Waals surface area contributed by atoms with Crippen LogP contribution in [-0.4, -0.2) is 81.2 Å². The number of imide groups is 1. The molecule has 1 aromatic carbocycles. The average Bonchev–Trinajstić information content (AvgIpc) is 3.44.